The first-order chi connectivity index (χ1) is 2.27. The van der Waals surface area contributed by atoms with Crippen LogP contribution >= 0.6 is 0 Å². The molecule has 0 spiro atoms. The average molecular weight is 314 g/mol. The van der Waals surface area contributed by atoms with E-state index in [2.05, 4.69) is 22.6 Å². The summed E-state index contributed by atoms with van der Waals surface area (Å²) in [5.41, 5.74) is 0. The van der Waals surface area contributed by atoms with Gasteiger partial charge in [-0.1, -0.05) is 0 Å². The molecule has 0 aliphatic carbocycles. The molecule has 0 heterocycles. The Bertz CT molecular complexity index is 62.7. The largest absolute Gasteiger partial charge is 0 e. The molecule has 3 heteroatoms. The molecule has 0 aliphatic heterocycles. The van der Waals surface area contributed by atoms with Crippen molar-refractivity contribution in [3.05, 3.63) is 20.1 Å². The zero-order valence-electron chi connectivity index (χ0n) is 3.40. The van der Waals surface area contributed by atoms with E-state index in [0.717, 1.165) is 6.08 Å². The third kappa shape index (κ3) is 20.6. The first kappa shape index (κ1) is 15.6. The number of hydrogen-bond acceptors (Lipinski definition) is 1. The van der Waals surface area contributed by atoms with Crippen molar-refractivity contribution in [3.8, 4) is 0 Å². The molecule has 1 nitrogen and oxygen atoms in total. The number of carbonyl (C=O) groups excluding carboxylic acids is 1. The zero-order valence-corrected chi connectivity index (χ0v) is 7.28. The van der Waals surface area contributed by atoms with E-state index in [1.807, 2.05) is 0 Å². The van der Waals surface area contributed by atoms with Crippen molar-refractivity contribution in [2.75, 3.05) is 0 Å². The number of hydrogen-bond donors (Lipinski definition) is 0. The van der Waals surface area contributed by atoms with Gasteiger partial charge in [0, 0.05) is 28.5 Å². The summed E-state index contributed by atoms with van der Waals surface area (Å²) < 4.78 is -0.419. The molecule has 0 amide bonds. The van der Waals surface area contributed by atoms with Gasteiger partial charge in [-0.15, -0.1) is 0 Å². The standard InChI is InChI=1S/C3H3O.C.Cu.W/c1-2-3-4;;;/h2H,1H2;;;. The normalized spacial score (nSPS) is 4.86. The van der Waals surface area contributed by atoms with Gasteiger partial charge in [0.05, 0.1) is 0 Å². The van der Waals surface area contributed by atoms with Gasteiger partial charge in [-0.2, -0.15) is 0 Å². The molecule has 0 fully saturated rings. The van der Waals surface area contributed by atoms with Crippen LogP contribution in [0.15, 0.2) is 12.7 Å². The fraction of sp³-hybridized carbons (Fsp3) is 0. The Morgan fingerprint density at radius 1 is 1.71 bits per heavy atom. The van der Waals surface area contributed by atoms with Crippen molar-refractivity contribution in [1.82, 2.24) is 0 Å². The number of rotatable bonds is 1. The Morgan fingerprint density at radius 2 is 1.86 bits per heavy atom. The molecule has 0 atom stereocenters. The van der Waals surface area contributed by atoms with E-state index in [1.165, 1.54) is 0 Å². The summed E-state index contributed by atoms with van der Waals surface area (Å²) >= 11 is 4.15. The van der Waals surface area contributed by atoms with Crippen molar-refractivity contribution < 1.29 is 41.9 Å². The first-order valence-electron chi connectivity index (χ1n) is 1.05. The van der Waals surface area contributed by atoms with Gasteiger partial charge in [0.1, 0.15) is 0 Å². The summed E-state index contributed by atoms with van der Waals surface area (Å²) in [4.78, 5) is 9.50. The Hall–Kier alpha value is 0.618. The minimum atomic E-state index is -0.419. The predicted octanol–water partition coefficient (Wildman–Crippen LogP) is 0.325. The van der Waals surface area contributed by atoms with Gasteiger partial charge in [0.25, 0.3) is 0 Å². The molecule has 0 aliphatic rings. The maximum absolute atomic E-state index is 9.50. The molecule has 0 aromatic carbocycles. The molecule has 0 unspecified atom stereocenters. The topological polar surface area (TPSA) is 17.1 Å². The number of carbonyl (C=O) groups is 1. The van der Waals surface area contributed by atoms with E-state index in [0.29, 0.717) is 0 Å². The summed E-state index contributed by atoms with van der Waals surface area (Å²) in [5.74, 6) is 0. The molecular weight excluding hydrogens is 311 g/mol. The number of allylic oxidation sites excluding steroid dienone is 1. The van der Waals surface area contributed by atoms with Crippen LogP contribution in [0.2, 0.25) is 0 Å². The van der Waals surface area contributed by atoms with E-state index in [-0.39, 0.29) is 28.5 Å². The third-order valence-electron chi connectivity index (χ3n) is 0.145. The van der Waals surface area contributed by atoms with E-state index in [9.17, 15) is 4.79 Å². The van der Waals surface area contributed by atoms with Crippen molar-refractivity contribution in [1.29, 1.82) is 0 Å². The van der Waals surface area contributed by atoms with Crippen LogP contribution in [0.3, 0.4) is 0 Å². The molecule has 0 bridgehead atoms. The molecule has 0 aromatic rings. The van der Waals surface area contributed by atoms with Gasteiger partial charge in [0.15, 0.2) is 0 Å². The average Bonchev–Trinajstić information content (AvgIpc) is 1.38. The van der Waals surface area contributed by atoms with Gasteiger partial charge in [-0.3, -0.25) is 0 Å². The second kappa shape index (κ2) is 9.79. The Labute approximate surface area is 66.6 Å². The van der Waals surface area contributed by atoms with E-state index in [1.54, 1.807) is 0 Å². The van der Waals surface area contributed by atoms with Crippen molar-refractivity contribution in [3.63, 3.8) is 0 Å². The second-order valence-electron chi connectivity index (χ2n) is 0.471. The van der Waals surface area contributed by atoms with Gasteiger partial charge in [-0.25, -0.2) is 0 Å². The van der Waals surface area contributed by atoms with Gasteiger partial charge >= 0.3 is 38.1 Å². The minimum Gasteiger partial charge on any atom is 0 e. The van der Waals surface area contributed by atoms with Crippen molar-refractivity contribution in [2.24, 2.45) is 0 Å². The van der Waals surface area contributed by atoms with Crippen LogP contribution in [0.1, 0.15) is 0 Å². The Morgan fingerprint density at radius 3 is 1.86 bits per heavy atom. The molecule has 0 saturated heterocycles. The molecular formula is C4H3CuOW. The maximum Gasteiger partial charge on any atom is 0 e. The van der Waals surface area contributed by atoms with Crippen LogP contribution in [0.25, 0.3) is 0 Å². The molecule has 0 aromatic heterocycles. The van der Waals surface area contributed by atoms with Gasteiger partial charge in [-0.05, 0) is 0 Å². The molecule has 7 heavy (non-hydrogen) atoms. The minimum absolute atomic E-state index is 0. The Balaban J connectivity index is -0.0000000800. The van der Waals surface area contributed by atoms with Crippen LogP contribution in [-0.4, -0.2) is 4.68 Å². The second-order valence-corrected chi connectivity index (χ2v) is 0.935. The molecule has 0 saturated carbocycles. The Kier molecular flexibility index (Phi) is 21.9. The van der Waals surface area contributed by atoms with Crippen LogP contribution in [-0.2, 0) is 41.9 Å². The summed E-state index contributed by atoms with van der Waals surface area (Å²) in [6.07, 6.45) is 1.08. The summed E-state index contributed by atoms with van der Waals surface area (Å²) in [7, 11) is 0. The van der Waals surface area contributed by atoms with E-state index in [4.69, 9.17) is 0 Å². The van der Waals surface area contributed by atoms with Gasteiger partial charge in [0.2, 0.25) is 0 Å². The molecule has 0 N–H and O–H groups in total. The molecule has 42 valence electrons. The summed E-state index contributed by atoms with van der Waals surface area (Å²) in [5, 5.41) is 0. The van der Waals surface area contributed by atoms with Crippen LogP contribution in [0, 0.1) is 7.43 Å². The fourth-order valence-electron chi connectivity index (χ4n) is 0. The zero-order chi connectivity index (χ0) is 4.28. The maximum atomic E-state index is 9.50. The summed E-state index contributed by atoms with van der Waals surface area (Å²) in [6.45, 7) is 3.10. The molecule has 4 radical (unpaired) electrons. The van der Waals surface area contributed by atoms with Crippen LogP contribution < -0.4 is 0 Å². The smallest absolute Gasteiger partial charge is 0 e. The predicted molar refractivity (Wildman–Crippen MR) is 18.4 cm³/mol. The summed E-state index contributed by atoms with van der Waals surface area (Å²) in [6, 6.07) is 0. The van der Waals surface area contributed by atoms with Crippen molar-refractivity contribution in [2.45, 2.75) is 0 Å². The van der Waals surface area contributed by atoms with E-state index >= 15 is 0 Å². The van der Waals surface area contributed by atoms with Crippen molar-refractivity contribution >= 4 is 4.68 Å². The van der Waals surface area contributed by atoms with E-state index < -0.39 is 4.68 Å². The first-order valence-corrected chi connectivity index (χ1v) is 1.52. The fourth-order valence-corrected chi connectivity index (χ4v) is 0. The molecule has 0 rings (SSSR count). The van der Waals surface area contributed by atoms with Crippen LogP contribution in [0.4, 0.5) is 0 Å². The quantitative estimate of drug-likeness (QED) is 0.503. The third-order valence-corrected chi connectivity index (χ3v) is 0.337. The van der Waals surface area contributed by atoms with Crippen LogP contribution in [0.5, 0.6) is 0 Å². The van der Waals surface area contributed by atoms with Gasteiger partial charge < -0.3 is 0 Å². The SMILES string of the molecule is C=C[C](=O)[Cu].[C].[W]. The monoisotopic (exact) mass is 314 g/mol.